The number of hydrogen-bond donors (Lipinski definition) is 0. The third-order valence-corrected chi connectivity index (χ3v) is 1.94. The highest BCUT2D eigenvalue weighted by atomic mass is 16.7. The molecule has 0 aliphatic carbocycles. The van der Waals surface area contributed by atoms with Crippen molar-refractivity contribution >= 4 is 0 Å². The van der Waals surface area contributed by atoms with Crippen molar-refractivity contribution < 1.29 is 9.47 Å². The number of ether oxygens (including phenoxy) is 2. The van der Waals surface area contributed by atoms with Gasteiger partial charge in [-0.05, 0) is 6.42 Å². The van der Waals surface area contributed by atoms with E-state index in [2.05, 4.69) is 4.98 Å². The predicted molar refractivity (Wildman–Crippen MR) is 42.5 cm³/mol. The van der Waals surface area contributed by atoms with Gasteiger partial charge in [-0.25, -0.2) is 4.98 Å². The fourth-order valence-electron chi connectivity index (χ4n) is 1.28. The summed E-state index contributed by atoms with van der Waals surface area (Å²) in [6.07, 6.45) is 6.78. The third kappa shape index (κ3) is 1.84. The highest BCUT2D eigenvalue weighted by Crippen LogP contribution is 2.07. The van der Waals surface area contributed by atoms with Gasteiger partial charge in [0, 0.05) is 18.9 Å². The van der Waals surface area contributed by atoms with Crippen molar-refractivity contribution in [3.8, 4) is 0 Å². The summed E-state index contributed by atoms with van der Waals surface area (Å²) in [5.41, 5.74) is 0. The zero-order chi connectivity index (χ0) is 8.23. The molecule has 66 valence electrons. The number of aromatic nitrogens is 2. The van der Waals surface area contributed by atoms with Gasteiger partial charge in [-0.15, -0.1) is 0 Å². The van der Waals surface area contributed by atoms with Crippen LogP contribution in [0, 0.1) is 0 Å². The van der Waals surface area contributed by atoms with Crippen LogP contribution < -0.4 is 0 Å². The Hall–Kier alpha value is -0.870. The summed E-state index contributed by atoms with van der Waals surface area (Å²) in [4.78, 5) is 3.96. The van der Waals surface area contributed by atoms with Crippen LogP contribution >= 0.6 is 0 Å². The molecule has 0 saturated carbocycles. The van der Waals surface area contributed by atoms with Crippen LogP contribution in [0.5, 0.6) is 0 Å². The molecule has 0 bridgehead atoms. The van der Waals surface area contributed by atoms with Gasteiger partial charge in [-0.2, -0.15) is 0 Å². The maximum atomic E-state index is 5.38. The Morgan fingerprint density at radius 1 is 1.58 bits per heavy atom. The zero-order valence-electron chi connectivity index (χ0n) is 6.85. The SMILES string of the molecule is c1cn(CC2CCOCO2)cn1. The van der Waals surface area contributed by atoms with E-state index in [-0.39, 0.29) is 6.10 Å². The molecule has 1 aliphatic rings. The van der Waals surface area contributed by atoms with E-state index in [9.17, 15) is 0 Å². The first-order valence-electron chi connectivity index (χ1n) is 4.10. The van der Waals surface area contributed by atoms with Gasteiger partial charge in [0.05, 0.1) is 19.0 Å². The van der Waals surface area contributed by atoms with Gasteiger partial charge in [0.25, 0.3) is 0 Å². The largest absolute Gasteiger partial charge is 0.355 e. The van der Waals surface area contributed by atoms with Gasteiger partial charge in [0.2, 0.25) is 0 Å². The lowest BCUT2D eigenvalue weighted by Gasteiger charge is -2.22. The van der Waals surface area contributed by atoms with E-state index in [1.54, 1.807) is 12.5 Å². The summed E-state index contributed by atoms with van der Waals surface area (Å²) in [6.45, 7) is 2.11. The Kier molecular flexibility index (Phi) is 2.39. The fraction of sp³-hybridized carbons (Fsp3) is 0.625. The van der Waals surface area contributed by atoms with E-state index in [1.165, 1.54) is 0 Å². The predicted octanol–water partition coefficient (Wildman–Crippen LogP) is 0.646. The van der Waals surface area contributed by atoms with E-state index in [1.807, 2.05) is 10.8 Å². The molecule has 0 radical (unpaired) electrons. The molecule has 12 heavy (non-hydrogen) atoms. The van der Waals surface area contributed by atoms with Gasteiger partial charge >= 0.3 is 0 Å². The van der Waals surface area contributed by atoms with E-state index in [4.69, 9.17) is 9.47 Å². The molecule has 0 spiro atoms. The molecule has 4 nitrogen and oxygen atoms in total. The topological polar surface area (TPSA) is 36.3 Å². The molecule has 2 heterocycles. The molecule has 4 heteroatoms. The van der Waals surface area contributed by atoms with Crippen LogP contribution in [0.15, 0.2) is 18.7 Å². The Bertz CT molecular complexity index is 217. The fourth-order valence-corrected chi connectivity index (χ4v) is 1.28. The minimum absolute atomic E-state index is 0.285. The van der Waals surface area contributed by atoms with Crippen LogP contribution in [0.2, 0.25) is 0 Å². The van der Waals surface area contributed by atoms with Gasteiger partial charge < -0.3 is 14.0 Å². The molecular weight excluding hydrogens is 156 g/mol. The van der Waals surface area contributed by atoms with Crippen LogP contribution in [-0.4, -0.2) is 29.1 Å². The Morgan fingerprint density at radius 3 is 3.25 bits per heavy atom. The van der Waals surface area contributed by atoms with Crippen LogP contribution in [-0.2, 0) is 16.0 Å². The summed E-state index contributed by atoms with van der Waals surface area (Å²) in [5, 5.41) is 0. The summed E-state index contributed by atoms with van der Waals surface area (Å²) >= 11 is 0. The Labute approximate surface area is 71.1 Å². The Balaban J connectivity index is 1.86. The normalized spacial score (nSPS) is 24.2. The maximum Gasteiger partial charge on any atom is 0.147 e. The van der Waals surface area contributed by atoms with Crippen molar-refractivity contribution in [1.82, 2.24) is 9.55 Å². The molecular formula is C8H12N2O2. The summed E-state index contributed by atoms with van der Waals surface area (Å²) in [7, 11) is 0. The molecule has 0 amide bonds. The van der Waals surface area contributed by atoms with Crippen molar-refractivity contribution in [1.29, 1.82) is 0 Å². The van der Waals surface area contributed by atoms with Crippen molar-refractivity contribution in [3.63, 3.8) is 0 Å². The average Bonchev–Trinajstić information content (AvgIpc) is 2.59. The second-order valence-corrected chi connectivity index (χ2v) is 2.86. The molecule has 1 unspecified atom stereocenters. The highest BCUT2D eigenvalue weighted by Gasteiger charge is 2.13. The van der Waals surface area contributed by atoms with Crippen molar-refractivity contribution in [3.05, 3.63) is 18.7 Å². The third-order valence-electron chi connectivity index (χ3n) is 1.94. The van der Waals surface area contributed by atoms with Gasteiger partial charge in [-0.3, -0.25) is 0 Å². The first-order valence-corrected chi connectivity index (χ1v) is 4.10. The lowest BCUT2D eigenvalue weighted by Crippen LogP contribution is -2.27. The minimum Gasteiger partial charge on any atom is -0.355 e. The molecule has 1 atom stereocenters. The van der Waals surface area contributed by atoms with E-state index >= 15 is 0 Å². The molecule has 1 saturated heterocycles. The number of imidazole rings is 1. The standard InChI is InChI=1S/C8H12N2O2/c1-4-11-7-12-8(1)5-10-3-2-9-6-10/h2-3,6,8H,1,4-5,7H2. The molecule has 1 aliphatic heterocycles. The van der Waals surface area contributed by atoms with Crippen molar-refractivity contribution in [2.75, 3.05) is 13.4 Å². The molecule has 1 fully saturated rings. The van der Waals surface area contributed by atoms with Crippen LogP contribution in [0.1, 0.15) is 6.42 Å². The monoisotopic (exact) mass is 168 g/mol. The van der Waals surface area contributed by atoms with Crippen LogP contribution in [0.4, 0.5) is 0 Å². The lowest BCUT2D eigenvalue weighted by molar-refractivity contribution is -0.142. The Morgan fingerprint density at radius 2 is 2.58 bits per heavy atom. The summed E-state index contributed by atoms with van der Waals surface area (Å²) in [6, 6.07) is 0. The smallest absolute Gasteiger partial charge is 0.147 e. The summed E-state index contributed by atoms with van der Waals surface area (Å²) < 4.78 is 12.5. The number of hydrogen-bond acceptors (Lipinski definition) is 3. The van der Waals surface area contributed by atoms with E-state index in [0.717, 1.165) is 19.6 Å². The summed E-state index contributed by atoms with van der Waals surface area (Å²) in [5.74, 6) is 0. The molecule has 0 aromatic carbocycles. The maximum absolute atomic E-state index is 5.38. The van der Waals surface area contributed by atoms with Crippen molar-refractivity contribution in [2.24, 2.45) is 0 Å². The molecule has 1 aromatic heterocycles. The lowest BCUT2D eigenvalue weighted by atomic mass is 10.2. The minimum atomic E-state index is 0.285. The molecule has 1 aromatic rings. The van der Waals surface area contributed by atoms with Crippen LogP contribution in [0.25, 0.3) is 0 Å². The van der Waals surface area contributed by atoms with E-state index in [0.29, 0.717) is 6.79 Å². The van der Waals surface area contributed by atoms with Gasteiger partial charge in [-0.1, -0.05) is 0 Å². The van der Waals surface area contributed by atoms with Gasteiger partial charge in [0.15, 0.2) is 0 Å². The first kappa shape index (κ1) is 7.76. The highest BCUT2D eigenvalue weighted by molar-refractivity contribution is 4.76. The van der Waals surface area contributed by atoms with Crippen molar-refractivity contribution in [2.45, 2.75) is 19.1 Å². The zero-order valence-corrected chi connectivity index (χ0v) is 6.85. The van der Waals surface area contributed by atoms with E-state index < -0.39 is 0 Å². The van der Waals surface area contributed by atoms with Crippen LogP contribution in [0.3, 0.4) is 0 Å². The first-order chi connectivity index (χ1) is 5.95. The second-order valence-electron chi connectivity index (χ2n) is 2.86. The molecule has 2 rings (SSSR count). The second kappa shape index (κ2) is 3.69. The quantitative estimate of drug-likeness (QED) is 0.650. The number of rotatable bonds is 2. The molecule has 0 N–H and O–H groups in total. The van der Waals surface area contributed by atoms with Gasteiger partial charge in [0.1, 0.15) is 6.79 Å². The average molecular weight is 168 g/mol. The number of nitrogens with zero attached hydrogens (tertiary/aromatic N) is 2.